The van der Waals surface area contributed by atoms with Crippen LogP contribution in [0, 0.1) is 5.82 Å². The topological polar surface area (TPSA) is 71.5 Å². The number of ether oxygens (including phenoxy) is 1. The van der Waals surface area contributed by atoms with Gasteiger partial charge in [-0.05, 0) is 31.5 Å². The van der Waals surface area contributed by atoms with Crippen molar-refractivity contribution < 1.29 is 18.7 Å². The molecule has 0 radical (unpaired) electrons. The number of carbonyl (C=O) groups is 2. The summed E-state index contributed by atoms with van der Waals surface area (Å²) >= 11 is 7.07. The van der Waals surface area contributed by atoms with Crippen molar-refractivity contribution >= 4 is 40.6 Å². The van der Waals surface area contributed by atoms with E-state index in [0.29, 0.717) is 17.2 Å². The number of rotatable bonds is 9. The fraction of sp³-hybridized carbons (Fsp3) is 0.421. The number of halogens is 2. The third kappa shape index (κ3) is 6.45. The van der Waals surface area contributed by atoms with Crippen molar-refractivity contribution in [1.82, 2.24) is 9.88 Å². The maximum Gasteiger partial charge on any atom is 0.357 e. The molecule has 0 fully saturated rings. The minimum Gasteiger partial charge on any atom is -0.461 e. The number of thiazole rings is 1. The average Bonchev–Trinajstić information content (AvgIpc) is 3.13. The molecule has 0 aliphatic heterocycles. The first-order chi connectivity index (χ1) is 13.4. The van der Waals surface area contributed by atoms with Crippen LogP contribution in [0.2, 0.25) is 5.02 Å². The van der Waals surface area contributed by atoms with E-state index in [1.165, 1.54) is 29.5 Å². The zero-order valence-corrected chi connectivity index (χ0v) is 17.4. The highest BCUT2D eigenvalue weighted by atomic mass is 35.5. The van der Waals surface area contributed by atoms with Crippen LogP contribution < -0.4 is 5.32 Å². The van der Waals surface area contributed by atoms with Crippen LogP contribution >= 0.6 is 22.9 Å². The van der Waals surface area contributed by atoms with Crippen LogP contribution in [0.3, 0.4) is 0 Å². The number of hydrogen-bond donors (Lipinski definition) is 1. The van der Waals surface area contributed by atoms with Crippen LogP contribution in [0.25, 0.3) is 0 Å². The van der Waals surface area contributed by atoms with Gasteiger partial charge in [0.25, 0.3) is 0 Å². The number of urea groups is 1. The van der Waals surface area contributed by atoms with Gasteiger partial charge in [-0.1, -0.05) is 31.4 Å². The van der Waals surface area contributed by atoms with E-state index in [0.717, 1.165) is 19.3 Å². The Bertz CT molecular complexity index is 815. The molecule has 0 saturated heterocycles. The molecule has 6 nitrogen and oxygen atoms in total. The molecule has 1 N–H and O–H groups in total. The Kier molecular flexibility index (Phi) is 8.66. The van der Waals surface area contributed by atoms with E-state index in [9.17, 15) is 14.0 Å². The summed E-state index contributed by atoms with van der Waals surface area (Å²) in [4.78, 5) is 30.4. The standard InChI is InChI=1S/C19H23ClFN3O3S/c1-3-5-6-9-24(11-17-23-16(12-28-17)18(25)27-4-2)19(26)22-13-7-8-15(21)14(20)10-13/h7-8,10,12H,3-6,9,11H2,1-2H3,(H,22,26). The second-order valence-electron chi connectivity index (χ2n) is 6.03. The number of nitrogens with zero attached hydrogens (tertiary/aromatic N) is 2. The first-order valence-electron chi connectivity index (χ1n) is 9.07. The summed E-state index contributed by atoms with van der Waals surface area (Å²) in [7, 11) is 0. The van der Waals surface area contributed by atoms with Crippen molar-refractivity contribution in [1.29, 1.82) is 0 Å². The van der Waals surface area contributed by atoms with Gasteiger partial charge in [-0.3, -0.25) is 0 Å². The SMILES string of the molecule is CCCCCN(Cc1nc(C(=O)OCC)cs1)C(=O)Nc1ccc(F)c(Cl)c1. The Morgan fingerprint density at radius 1 is 1.32 bits per heavy atom. The normalized spacial score (nSPS) is 10.6. The van der Waals surface area contributed by atoms with Crippen LogP contribution in [0.5, 0.6) is 0 Å². The predicted octanol–water partition coefficient (Wildman–Crippen LogP) is 5.34. The van der Waals surface area contributed by atoms with Crippen LogP contribution in [0.15, 0.2) is 23.6 Å². The number of anilines is 1. The number of aromatic nitrogens is 1. The van der Waals surface area contributed by atoms with Gasteiger partial charge in [0, 0.05) is 17.6 Å². The van der Waals surface area contributed by atoms with Crippen molar-refractivity contribution in [3.8, 4) is 0 Å². The fourth-order valence-corrected chi connectivity index (χ4v) is 3.39. The first-order valence-corrected chi connectivity index (χ1v) is 10.3. The molecule has 0 spiro atoms. The van der Waals surface area contributed by atoms with Gasteiger partial charge in [-0.25, -0.2) is 19.0 Å². The maximum atomic E-state index is 13.3. The van der Waals surface area contributed by atoms with Crippen LogP contribution in [-0.2, 0) is 11.3 Å². The van der Waals surface area contributed by atoms with E-state index in [1.54, 1.807) is 17.2 Å². The Morgan fingerprint density at radius 2 is 2.11 bits per heavy atom. The molecule has 1 aromatic heterocycles. The lowest BCUT2D eigenvalue weighted by Gasteiger charge is -2.22. The second kappa shape index (κ2) is 11.0. The van der Waals surface area contributed by atoms with E-state index in [1.807, 2.05) is 0 Å². The molecule has 152 valence electrons. The molecule has 0 aliphatic carbocycles. The minimum atomic E-state index is -0.547. The summed E-state index contributed by atoms with van der Waals surface area (Å²) in [6, 6.07) is 3.67. The molecule has 9 heteroatoms. The van der Waals surface area contributed by atoms with E-state index in [4.69, 9.17) is 16.3 Å². The summed E-state index contributed by atoms with van der Waals surface area (Å²) in [5.74, 6) is -1.03. The van der Waals surface area contributed by atoms with Gasteiger partial charge in [-0.2, -0.15) is 0 Å². The second-order valence-corrected chi connectivity index (χ2v) is 7.38. The molecular weight excluding hydrogens is 405 g/mol. The van der Waals surface area contributed by atoms with E-state index < -0.39 is 11.8 Å². The smallest absolute Gasteiger partial charge is 0.357 e. The van der Waals surface area contributed by atoms with Crippen LogP contribution in [-0.4, -0.2) is 35.0 Å². The lowest BCUT2D eigenvalue weighted by Crippen LogP contribution is -2.35. The molecule has 2 aromatic rings. The third-order valence-corrected chi connectivity index (χ3v) is 4.98. The quantitative estimate of drug-likeness (QED) is 0.433. The van der Waals surface area contributed by atoms with Gasteiger partial charge in [0.1, 0.15) is 10.8 Å². The largest absolute Gasteiger partial charge is 0.461 e. The zero-order valence-electron chi connectivity index (χ0n) is 15.8. The van der Waals surface area contributed by atoms with Crippen molar-refractivity contribution in [2.75, 3.05) is 18.5 Å². The van der Waals surface area contributed by atoms with Gasteiger partial charge < -0.3 is 15.0 Å². The zero-order chi connectivity index (χ0) is 20.5. The predicted molar refractivity (Wildman–Crippen MR) is 108 cm³/mol. The van der Waals surface area contributed by atoms with Gasteiger partial charge >= 0.3 is 12.0 Å². The van der Waals surface area contributed by atoms with Crippen molar-refractivity contribution in [2.45, 2.75) is 39.7 Å². The third-order valence-electron chi connectivity index (χ3n) is 3.85. The van der Waals surface area contributed by atoms with Crippen LogP contribution in [0.1, 0.15) is 48.6 Å². The Labute approximate surface area is 172 Å². The highest BCUT2D eigenvalue weighted by Gasteiger charge is 2.18. The molecule has 0 aliphatic rings. The van der Waals surface area contributed by atoms with E-state index >= 15 is 0 Å². The summed E-state index contributed by atoms with van der Waals surface area (Å²) in [5.41, 5.74) is 0.643. The molecular formula is C19H23ClFN3O3S. The van der Waals surface area contributed by atoms with Crippen LogP contribution in [0.4, 0.5) is 14.9 Å². The molecule has 0 unspecified atom stereocenters. The number of unbranched alkanes of at least 4 members (excludes halogenated alkanes) is 2. The molecule has 2 amide bonds. The first kappa shape index (κ1) is 22.1. The van der Waals surface area contributed by atoms with Gasteiger partial charge in [0.2, 0.25) is 0 Å². The molecule has 1 heterocycles. The number of esters is 1. The van der Waals surface area contributed by atoms with Gasteiger partial charge in [-0.15, -0.1) is 11.3 Å². The minimum absolute atomic E-state index is 0.0608. The van der Waals surface area contributed by atoms with Crippen molar-refractivity contribution in [2.24, 2.45) is 0 Å². The summed E-state index contributed by atoms with van der Waals surface area (Å²) in [5, 5.41) is 4.92. The van der Waals surface area contributed by atoms with Gasteiger partial charge in [0.15, 0.2) is 5.69 Å². The highest BCUT2D eigenvalue weighted by molar-refractivity contribution is 7.09. The average molecular weight is 428 g/mol. The molecule has 0 saturated carbocycles. The van der Waals surface area contributed by atoms with Crippen molar-refractivity contribution in [3.05, 3.63) is 45.1 Å². The number of hydrogen-bond acceptors (Lipinski definition) is 5. The Balaban J connectivity index is 2.08. The number of amides is 2. The lowest BCUT2D eigenvalue weighted by molar-refractivity contribution is 0.0520. The molecule has 0 bridgehead atoms. The Hall–Kier alpha value is -2.19. The fourth-order valence-electron chi connectivity index (χ4n) is 2.43. The van der Waals surface area contributed by atoms with Crippen molar-refractivity contribution in [3.63, 3.8) is 0 Å². The number of nitrogens with one attached hydrogen (secondary N) is 1. The van der Waals surface area contributed by atoms with Gasteiger partial charge in [0.05, 0.1) is 18.2 Å². The number of benzene rings is 1. The molecule has 1 aromatic carbocycles. The Morgan fingerprint density at radius 3 is 2.79 bits per heavy atom. The van der Waals surface area contributed by atoms with E-state index in [-0.39, 0.29) is 29.9 Å². The molecule has 28 heavy (non-hydrogen) atoms. The summed E-state index contributed by atoms with van der Waals surface area (Å²) < 4.78 is 18.3. The summed E-state index contributed by atoms with van der Waals surface area (Å²) in [6.07, 6.45) is 2.84. The highest BCUT2D eigenvalue weighted by Crippen LogP contribution is 2.20. The molecule has 2 rings (SSSR count). The lowest BCUT2D eigenvalue weighted by atomic mass is 10.2. The summed E-state index contributed by atoms with van der Waals surface area (Å²) in [6.45, 7) is 4.87. The monoisotopic (exact) mass is 427 g/mol. The van der Waals surface area contributed by atoms with E-state index in [2.05, 4.69) is 17.2 Å². The maximum absolute atomic E-state index is 13.3. The number of carbonyl (C=O) groups excluding carboxylic acids is 2. The molecule has 0 atom stereocenters.